The average molecular weight is 383 g/mol. The lowest BCUT2D eigenvalue weighted by molar-refractivity contribution is 0.0895. The zero-order chi connectivity index (χ0) is 20.3. The van der Waals surface area contributed by atoms with Crippen molar-refractivity contribution in [2.45, 2.75) is 58.9 Å². The standard InChI is InChI=1S/C24H34N2O2/c1-17-12-14-26(15-13-17)21(22-11-6-18(2)28-22)16-25-23(27)19-7-9-20(10-8-19)24(3,4)5/h6-11,17,21H,12-16H2,1-5H3,(H,25,27)/t21-/m1/s1. The molecule has 0 bridgehead atoms. The lowest BCUT2D eigenvalue weighted by Crippen LogP contribution is -2.41. The highest BCUT2D eigenvalue weighted by atomic mass is 16.3. The summed E-state index contributed by atoms with van der Waals surface area (Å²) in [6.45, 7) is 13.5. The van der Waals surface area contributed by atoms with Crippen LogP contribution in [0.4, 0.5) is 0 Å². The zero-order valence-electron chi connectivity index (χ0n) is 17.9. The van der Waals surface area contributed by atoms with Gasteiger partial charge in [-0.05, 0) is 74.0 Å². The van der Waals surface area contributed by atoms with E-state index in [1.165, 1.54) is 18.4 Å². The summed E-state index contributed by atoms with van der Waals surface area (Å²) in [6.07, 6.45) is 2.39. The first-order chi connectivity index (χ1) is 13.2. The molecule has 1 amide bonds. The number of likely N-dealkylation sites (tertiary alicyclic amines) is 1. The smallest absolute Gasteiger partial charge is 0.251 e. The highest BCUT2D eigenvalue weighted by molar-refractivity contribution is 5.94. The van der Waals surface area contributed by atoms with Crippen LogP contribution >= 0.6 is 0 Å². The molecule has 0 spiro atoms. The summed E-state index contributed by atoms with van der Waals surface area (Å²) in [5.41, 5.74) is 2.02. The lowest BCUT2D eigenvalue weighted by atomic mass is 9.87. The van der Waals surface area contributed by atoms with Crippen LogP contribution in [0, 0.1) is 12.8 Å². The molecule has 0 radical (unpaired) electrons. The van der Waals surface area contributed by atoms with Gasteiger partial charge in [-0.25, -0.2) is 0 Å². The van der Waals surface area contributed by atoms with Crippen LogP contribution in [0.25, 0.3) is 0 Å². The largest absolute Gasteiger partial charge is 0.465 e. The molecule has 0 saturated carbocycles. The molecule has 0 unspecified atom stereocenters. The molecule has 1 atom stereocenters. The van der Waals surface area contributed by atoms with Gasteiger partial charge in [0.15, 0.2) is 0 Å². The Morgan fingerprint density at radius 1 is 1.14 bits per heavy atom. The molecule has 0 aliphatic carbocycles. The van der Waals surface area contributed by atoms with E-state index in [0.29, 0.717) is 12.1 Å². The fraction of sp³-hybridized carbons (Fsp3) is 0.542. The van der Waals surface area contributed by atoms with Crippen molar-refractivity contribution >= 4 is 5.91 Å². The van der Waals surface area contributed by atoms with Crippen LogP contribution in [0.15, 0.2) is 40.8 Å². The topological polar surface area (TPSA) is 45.5 Å². The average Bonchev–Trinajstić information content (AvgIpc) is 3.08. The van der Waals surface area contributed by atoms with Gasteiger partial charge in [-0.3, -0.25) is 9.69 Å². The minimum Gasteiger partial charge on any atom is -0.465 e. The van der Waals surface area contributed by atoms with Gasteiger partial charge in [-0.2, -0.15) is 0 Å². The van der Waals surface area contributed by atoms with Gasteiger partial charge in [-0.15, -0.1) is 0 Å². The van der Waals surface area contributed by atoms with E-state index in [-0.39, 0.29) is 17.4 Å². The Morgan fingerprint density at radius 2 is 1.79 bits per heavy atom. The molecule has 152 valence electrons. The van der Waals surface area contributed by atoms with Gasteiger partial charge >= 0.3 is 0 Å². The normalized spacial score (nSPS) is 17.5. The van der Waals surface area contributed by atoms with Gasteiger partial charge in [0.05, 0.1) is 6.04 Å². The first kappa shape index (κ1) is 20.7. The Balaban J connectivity index is 1.68. The molecule has 1 aliphatic rings. The first-order valence-corrected chi connectivity index (χ1v) is 10.4. The Morgan fingerprint density at radius 3 is 2.32 bits per heavy atom. The maximum absolute atomic E-state index is 12.7. The van der Waals surface area contributed by atoms with Gasteiger partial charge in [0.2, 0.25) is 0 Å². The summed E-state index contributed by atoms with van der Waals surface area (Å²) in [4.78, 5) is 15.2. The molecule has 1 aromatic carbocycles. The van der Waals surface area contributed by atoms with Crippen LogP contribution in [0.2, 0.25) is 0 Å². The number of carbonyl (C=O) groups is 1. The summed E-state index contributed by atoms with van der Waals surface area (Å²) in [5, 5.41) is 3.13. The number of rotatable bonds is 5. The van der Waals surface area contributed by atoms with Crippen LogP contribution in [-0.4, -0.2) is 30.4 Å². The molecule has 1 aromatic heterocycles. The summed E-state index contributed by atoms with van der Waals surface area (Å²) in [6, 6.07) is 12.1. The number of carbonyl (C=O) groups excluding carboxylic acids is 1. The summed E-state index contributed by atoms with van der Waals surface area (Å²) in [7, 11) is 0. The van der Waals surface area contributed by atoms with Gasteiger partial charge in [0.1, 0.15) is 11.5 Å². The van der Waals surface area contributed by atoms with Crippen molar-refractivity contribution in [2.24, 2.45) is 5.92 Å². The third-order valence-corrected chi connectivity index (χ3v) is 5.82. The lowest BCUT2D eigenvalue weighted by Gasteiger charge is -2.35. The number of nitrogens with one attached hydrogen (secondary N) is 1. The van der Waals surface area contributed by atoms with Gasteiger partial charge in [0.25, 0.3) is 5.91 Å². The number of aryl methyl sites for hydroxylation is 1. The van der Waals surface area contributed by atoms with Crippen molar-refractivity contribution in [3.05, 3.63) is 59.0 Å². The van der Waals surface area contributed by atoms with Crippen molar-refractivity contribution in [2.75, 3.05) is 19.6 Å². The van der Waals surface area contributed by atoms with E-state index in [1.807, 2.05) is 43.3 Å². The van der Waals surface area contributed by atoms with Crippen molar-refractivity contribution in [1.82, 2.24) is 10.2 Å². The van der Waals surface area contributed by atoms with Gasteiger partial charge in [-0.1, -0.05) is 39.8 Å². The molecule has 4 heteroatoms. The first-order valence-electron chi connectivity index (χ1n) is 10.4. The molecular formula is C24H34N2O2. The third-order valence-electron chi connectivity index (χ3n) is 5.82. The van der Waals surface area contributed by atoms with E-state index in [2.05, 4.69) is 37.9 Å². The van der Waals surface area contributed by atoms with Crippen molar-refractivity contribution in [3.8, 4) is 0 Å². The van der Waals surface area contributed by atoms with Crippen LogP contribution in [0.3, 0.4) is 0 Å². The predicted molar refractivity (Wildman–Crippen MR) is 114 cm³/mol. The van der Waals surface area contributed by atoms with Crippen LogP contribution in [0.5, 0.6) is 0 Å². The fourth-order valence-corrected chi connectivity index (χ4v) is 3.80. The van der Waals surface area contributed by atoms with Crippen molar-refractivity contribution < 1.29 is 9.21 Å². The Labute approximate surface area is 169 Å². The number of hydrogen-bond donors (Lipinski definition) is 1. The molecule has 3 rings (SSSR count). The van der Waals surface area contributed by atoms with E-state index >= 15 is 0 Å². The number of furan rings is 1. The number of amides is 1. The second kappa shape index (κ2) is 8.52. The predicted octanol–water partition coefficient (Wildman–Crippen LogP) is 5.09. The molecule has 1 aliphatic heterocycles. The Bertz CT molecular complexity index is 778. The minimum absolute atomic E-state index is 0.0286. The fourth-order valence-electron chi connectivity index (χ4n) is 3.80. The maximum Gasteiger partial charge on any atom is 0.251 e. The maximum atomic E-state index is 12.7. The molecule has 2 heterocycles. The summed E-state index contributed by atoms with van der Waals surface area (Å²) in [5.74, 6) is 2.59. The van der Waals surface area contributed by atoms with Crippen LogP contribution < -0.4 is 5.32 Å². The highest BCUT2D eigenvalue weighted by Crippen LogP contribution is 2.28. The number of nitrogens with zero attached hydrogens (tertiary/aromatic N) is 1. The van der Waals surface area contributed by atoms with E-state index in [4.69, 9.17) is 4.42 Å². The molecule has 1 N–H and O–H groups in total. The monoisotopic (exact) mass is 382 g/mol. The number of piperidine rings is 1. The molecule has 2 aromatic rings. The van der Waals surface area contributed by atoms with E-state index in [0.717, 1.165) is 30.5 Å². The third kappa shape index (κ3) is 5.05. The van der Waals surface area contributed by atoms with Crippen LogP contribution in [0.1, 0.15) is 74.0 Å². The SMILES string of the molecule is Cc1ccc([C@@H](CNC(=O)c2ccc(C(C)(C)C)cc2)N2CCC(C)CC2)o1. The van der Waals surface area contributed by atoms with Crippen LogP contribution in [-0.2, 0) is 5.41 Å². The molecule has 4 nitrogen and oxygen atoms in total. The molecular weight excluding hydrogens is 348 g/mol. The van der Waals surface area contributed by atoms with Gasteiger partial charge in [0, 0.05) is 12.1 Å². The zero-order valence-corrected chi connectivity index (χ0v) is 17.9. The second-order valence-corrected chi connectivity index (χ2v) is 9.22. The van der Waals surface area contributed by atoms with E-state index in [9.17, 15) is 4.79 Å². The number of benzene rings is 1. The van der Waals surface area contributed by atoms with E-state index < -0.39 is 0 Å². The molecule has 28 heavy (non-hydrogen) atoms. The van der Waals surface area contributed by atoms with Crippen molar-refractivity contribution in [1.29, 1.82) is 0 Å². The minimum atomic E-state index is -0.0286. The summed E-state index contributed by atoms with van der Waals surface area (Å²) < 4.78 is 5.92. The molecule has 1 saturated heterocycles. The quantitative estimate of drug-likeness (QED) is 0.783. The van der Waals surface area contributed by atoms with Gasteiger partial charge < -0.3 is 9.73 Å². The highest BCUT2D eigenvalue weighted by Gasteiger charge is 2.27. The Kier molecular flexibility index (Phi) is 6.29. The van der Waals surface area contributed by atoms with E-state index in [1.54, 1.807) is 0 Å². The number of hydrogen-bond acceptors (Lipinski definition) is 3. The van der Waals surface area contributed by atoms with Crippen molar-refractivity contribution in [3.63, 3.8) is 0 Å². The molecule has 1 fully saturated rings. The second-order valence-electron chi connectivity index (χ2n) is 9.22. The Hall–Kier alpha value is -2.07. The summed E-state index contributed by atoms with van der Waals surface area (Å²) >= 11 is 0.